The van der Waals surface area contributed by atoms with Gasteiger partial charge in [-0.05, 0) is 46.8 Å². The summed E-state index contributed by atoms with van der Waals surface area (Å²) in [7, 11) is 0. The van der Waals surface area contributed by atoms with Gasteiger partial charge in [0.05, 0.1) is 18.2 Å². The molecule has 1 aliphatic heterocycles. The Hall–Kier alpha value is -3.12. The Bertz CT molecular complexity index is 997. The van der Waals surface area contributed by atoms with Gasteiger partial charge in [-0.1, -0.05) is 18.2 Å². The summed E-state index contributed by atoms with van der Waals surface area (Å²) >= 11 is 1.51. The van der Waals surface area contributed by atoms with E-state index in [9.17, 15) is 9.59 Å². The number of thiophene rings is 1. The van der Waals surface area contributed by atoms with Gasteiger partial charge in [0.2, 0.25) is 5.91 Å². The fraction of sp³-hybridized carbons (Fsp3) is 0.182. The molecule has 4 rings (SSSR count). The van der Waals surface area contributed by atoms with Crippen LogP contribution in [0.25, 0.3) is 11.1 Å². The van der Waals surface area contributed by atoms with Crippen LogP contribution in [0.5, 0.6) is 5.75 Å². The van der Waals surface area contributed by atoms with Crippen molar-refractivity contribution in [3.63, 3.8) is 0 Å². The van der Waals surface area contributed by atoms with Crippen LogP contribution in [0.2, 0.25) is 0 Å². The molecule has 2 amide bonds. The predicted octanol–water partition coefficient (Wildman–Crippen LogP) is 4.63. The van der Waals surface area contributed by atoms with Gasteiger partial charge >= 0.3 is 0 Å². The van der Waals surface area contributed by atoms with Crippen molar-refractivity contribution in [1.82, 2.24) is 5.32 Å². The van der Waals surface area contributed by atoms with Crippen molar-refractivity contribution < 1.29 is 14.3 Å². The molecule has 0 radical (unpaired) electrons. The van der Waals surface area contributed by atoms with E-state index in [1.165, 1.54) is 18.3 Å². The largest absolute Gasteiger partial charge is 0.493 e. The molecule has 0 saturated carbocycles. The predicted molar refractivity (Wildman–Crippen MR) is 111 cm³/mol. The Morgan fingerprint density at radius 3 is 2.57 bits per heavy atom. The molecule has 0 saturated heterocycles. The molecule has 3 aromatic rings. The first-order chi connectivity index (χ1) is 13.6. The van der Waals surface area contributed by atoms with Crippen LogP contribution in [0.4, 0.5) is 5.69 Å². The third-order valence-corrected chi connectivity index (χ3v) is 5.36. The molecule has 142 valence electrons. The van der Waals surface area contributed by atoms with Crippen LogP contribution in [0, 0.1) is 0 Å². The van der Waals surface area contributed by atoms with Gasteiger partial charge in [0, 0.05) is 30.0 Å². The van der Waals surface area contributed by atoms with Crippen LogP contribution >= 0.6 is 11.3 Å². The number of ether oxygens (including phenoxy) is 1. The van der Waals surface area contributed by atoms with Crippen LogP contribution in [-0.4, -0.2) is 18.4 Å². The molecule has 2 heterocycles. The van der Waals surface area contributed by atoms with E-state index in [0.29, 0.717) is 12.2 Å². The van der Waals surface area contributed by atoms with Crippen molar-refractivity contribution in [1.29, 1.82) is 0 Å². The van der Waals surface area contributed by atoms with Crippen molar-refractivity contribution in [3.05, 3.63) is 70.4 Å². The number of fused-ring (bicyclic) bond motifs is 1. The van der Waals surface area contributed by atoms with Crippen LogP contribution < -0.4 is 15.4 Å². The minimum atomic E-state index is -0.0946. The summed E-state index contributed by atoms with van der Waals surface area (Å²) in [6, 6.07) is 15.5. The molecule has 1 aromatic heterocycles. The van der Waals surface area contributed by atoms with Gasteiger partial charge in [0.1, 0.15) is 5.75 Å². The molecule has 0 aliphatic carbocycles. The van der Waals surface area contributed by atoms with Gasteiger partial charge in [-0.2, -0.15) is 11.3 Å². The first-order valence-electron chi connectivity index (χ1n) is 9.08. The van der Waals surface area contributed by atoms with E-state index in [1.54, 1.807) is 0 Å². The Balaban J connectivity index is 1.59. The Kier molecular flexibility index (Phi) is 5.12. The topological polar surface area (TPSA) is 67.4 Å². The zero-order valence-corrected chi connectivity index (χ0v) is 16.2. The number of hydrogen-bond acceptors (Lipinski definition) is 4. The number of amides is 2. The molecule has 0 fully saturated rings. The molecule has 5 nitrogen and oxygen atoms in total. The second-order valence-corrected chi connectivity index (χ2v) is 7.47. The second kappa shape index (κ2) is 7.86. The minimum absolute atomic E-state index is 0.0656. The molecule has 6 heteroatoms. The highest BCUT2D eigenvalue weighted by molar-refractivity contribution is 7.08. The number of carbonyl (C=O) groups excluding carboxylic acids is 2. The van der Waals surface area contributed by atoms with Crippen LogP contribution in [-0.2, 0) is 4.79 Å². The number of benzene rings is 2. The zero-order valence-electron chi connectivity index (χ0n) is 15.4. The second-order valence-electron chi connectivity index (χ2n) is 6.69. The van der Waals surface area contributed by atoms with Crippen LogP contribution in [0.3, 0.4) is 0 Å². The highest BCUT2D eigenvalue weighted by Crippen LogP contribution is 2.36. The normalized spacial score (nSPS) is 15.2. The summed E-state index contributed by atoms with van der Waals surface area (Å²) in [5, 5.41) is 9.65. The lowest BCUT2D eigenvalue weighted by Crippen LogP contribution is -2.32. The Morgan fingerprint density at radius 2 is 1.86 bits per heavy atom. The Morgan fingerprint density at radius 1 is 1.07 bits per heavy atom. The monoisotopic (exact) mass is 392 g/mol. The number of carbonyl (C=O) groups is 2. The molecule has 0 spiro atoms. The van der Waals surface area contributed by atoms with Crippen molar-refractivity contribution in [2.45, 2.75) is 19.4 Å². The summed E-state index contributed by atoms with van der Waals surface area (Å²) in [6.45, 7) is 2.06. The molecular formula is C22H20N2O3S. The average Bonchev–Trinajstić information content (AvgIpc) is 3.23. The Labute approximate surface area is 167 Å². The van der Waals surface area contributed by atoms with E-state index in [-0.39, 0.29) is 17.9 Å². The summed E-state index contributed by atoms with van der Waals surface area (Å²) in [5.41, 5.74) is 4.50. The summed E-state index contributed by atoms with van der Waals surface area (Å²) in [6.07, 6.45) is 0.730. The maximum absolute atomic E-state index is 12.5. The highest BCUT2D eigenvalue weighted by atomic mass is 32.1. The van der Waals surface area contributed by atoms with Gasteiger partial charge in [-0.3, -0.25) is 9.59 Å². The molecular weight excluding hydrogens is 372 g/mol. The third kappa shape index (κ3) is 3.92. The van der Waals surface area contributed by atoms with E-state index >= 15 is 0 Å². The maximum Gasteiger partial charge on any atom is 0.252 e. The lowest BCUT2D eigenvalue weighted by molar-refractivity contribution is -0.114. The first-order valence-corrected chi connectivity index (χ1v) is 10.0. The summed E-state index contributed by atoms with van der Waals surface area (Å²) in [4.78, 5) is 23.7. The highest BCUT2D eigenvalue weighted by Gasteiger charge is 2.24. The van der Waals surface area contributed by atoms with E-state index < -0.39 is 0 Å². The van der Waals surface area contributed by atoms with E-state index in [0.717, 1.165) is 34.5 Å². The number of hydrogen-bond donors (Lipinski definition) is 2. The SMILES string of the molecule is CC(=O)Nc1ccc(-c2ccc3c(c2)C(NC(=O)c2ccsc2)CCO3)cc1. The molecule has 1 atom stereocenters. The molecule has 2 N–H and O–H groups in total. The molecule has 1 unspecified atom stereocenters. The van der Waals surface area contributed by atoms with Crippen molar-refractivity contribution in [3.8, 4) is 16.9 Å². The van der Waals surface area contributed by atoms with Crippen LogP contribution in [0.1, 0.15) is 35.3 Å². The van der Waals surface area contributed by atoms with Gasteiger partial charge in [0.25, 0.3) is 5.91 Å². The lowest BCUT2D eigenvalue weighted by Gasteiger charge is -2.27. The fourth-order valence-corrected chi connectivity index (χ4v) is 3.94. The van der Waals surface area contributed by atoms with Gasteiger partial charge in [-0.15, -0.1) is 0 Å². The van der Waals surface area contributed by atoms with E-state index in [1.807, 2.05) is 53.2 Å². The minimum Gasteiger partial charge on any atom is -0.493 e. The average molecular weight is 392 g/mol. The van der Waals surface area contributed by atoms with Gasteiger partial charge < -0.3 is 15.4 Å². The van der Waals surface area contributed by atoms with Crippen LogP contribution in [0.15, 0.2) is 59.3 Å². The smallest absolute Gasteiger partial charge is 0.252 e. The number of nitrogens with one attached hydrogen (secondary N) is 2. The third-order valence-electron chi connectivity index (χ3n) is 4.68. The lowest BCUT2D eigenvalue weighted by atomic mass is 9.95. The van der Waals surface area contributed by atoms with E-state index in [2.05, 4.69) is 16.7 Å². The fourth-order valence-electron chi connectivity index (χ4n) is 3.31. The van der Waals surface area contributed by atoms with Gasteiger partial charge in [0.15, 0.2) is 0 Å². The standard InChI is InChI=1S/C22H20N2O3S/c1-14(25)23-18-5-2-15(3-6-18)16-4-7-21-19(12-16)20(8-10-27-21)24-22(26)17-9-11-28-13-17/h2-7,9,11-13,20H,8,10H2,1H3,(H,23,25)(H,24,26). The quantitative estimate of drug-likeness (QED) is 0.680. The number of rotatable bonds is 4. The summed E-state index contributed by atoms with van der Waals surface area (Å²) in [5.74, 6) is 0.646. The summed E-state index contributed by atoms with van der Waals surface area (Å²) < 4.78 is 5.78. The molecule has 1 aliphatic rings. The van der Waals surface area contributed by atoms with Crippen molar-refractivity contribution in [2.75, 3.05) is 11.9 Å². The first kappa shape index (κ1) is 18.3. The number of anilines is 1. The van der Waals surface area contributed by atoms with Crippen molar-refractivity contribution in [2.24, 2.45) is 0 Å². The van der Waals surface area contributed by atoms with E-state index in [4.69, 9.17) is 4.74 Å². The molecule has 2 aromatic carbocycles. The molecule has 28 heavy (non-hydrogen) atoms. The van der Waals surface area contributed by atoms with Gasteiger partial charge in [-0.25, -0.2) is 0 Å². The molecule has 0 bridgehead atoms. The maximum atomic E-state index is 12.5. The zero-order chi connectivity index (χ0) is 19.5. The van der Waals surface area contributed by atoms with Crippen molar-refractivity contribution >= 4 is 28.8 Å².